The van der Waals surface area contributed by atoms with E-state index in [9.17, 15) is 5.21 Å². The Morgan fingerprint density at radius 2 is 2.18 bits per heavy atom. The summed E-state index contributed by atoms with van der Waals surface area (Å²) in [7, 11) is 2.11. The van der Waals surface area contributed by atoms with Gasteiger partial charge in [-0.3, -0.25) is 4.90 Å². The summed E-state index contributed by atoms with van der Waals surface area (Å²) in [4.78, 5) is 2.30. The Morgan fingerprint density at radius 1 is 1.41 bits per heavy atom. The van der Waals surface area contributed by atoms with Gasteiger partial charge in [-0.15, -0.1) is 0 Å². The minimum atomic E-state index is -0.0826. The fourth-order valence-corrected chi connectivity index (χ4v) is 3.41. The van der Waals surface area contributed by atoms with E-state index < -0.39 is 0 Å². The van der Waals surface area contributed by atoms with Gasteiger partial charge in [-0.05, 0) is 44.5 Å². The average molecular weight is 230 g/mol. The summed E-state index contributed by atoms with van der Waals surface area (Å²) in [6.45, 7) is 3.27. The van der Waals surface area contributed by atoms with Crippen LogP contribution >= 0.6 is 0 Å². The third-order valence-corrected chi connectivity index (χ3v) is 4.51. The van der Waals surface area contributed by atoms with Crippen molar-refractivity contribution < 1.29 is 5.21 Å². The van der Waals surface area contributed by atoms with Crippen LogP contribution in [0.5, 0.6) is 0 Å². The molecule has 1 aromatic rings. The summed E-state index contributed by atoms with van der Waals surface area (Å²) in [5.74, 6) is 0. The van der Waals surface area contributed by atoms with Crippen LogP contribution in [0, 0.1) is 0 Å². The van der Waals surface area contributed by atoms with E-state index in [1.165, 1.54) is 11.1 Å². The number of likely N-dealkylation sites (tertiary alicyclic amines) is 1. The van der Waals surface area contributed by atoms with Crippen molar-refractivity contribution in [1.82, 2.24) is 4.90 Å². The molecule has 0 aromatic heterocycles. The second kappa shape index (κ2) is 3.57. The number of piperidine rings is 1. The number of benzene rings is 1. The fraction of sp³-hybridized carbons (Fsp3) is 0.500. The molecular formula is C14H18N2O. The number of hydrogen-bond acceptors (Lipinski definition) is 3. The zero-order valence-electron chi connectivity index (χ0n) is 10.3. The molecule has 2 atom stereocenters. The lowest BCUT2D eigenvalue weighted by atomic mass is 9.64. The Balaban J connectivity index is 2.21. The molecule has 1 aromatic carbocycles. The number of fused-ring (bicyclic) bond motifs is 4. The van der Waals surface area contributed by atoms with Crippen LogP contribution in [0.15, 0.2) is 29.4 Å². The number of nitrogens with zero attached hydrogens (tertiary/aromatic N) is 2. The molecular weight excluding hydrogens is 212 g/mol. The first-order valence-corrected chi connectivity index (χ1v) is 6.18. The standard InChI is InChI=1S/C14H18N2O/c1-14-7-8-16(2)12(13(14)15-17)9-10-5-3-4-6-11(10)14/h3-6,12,17H,7-9H2,1-2H3/b15-13-. The van der Waals surface area contributed by atoms with Crippen LogP contribution in [-0.2, 0) is 11.8 Å². The molecule has 90 valence electrons. The smallest absolute Gasteiger partial charge is 0.0848 e. The number of hydrogen-bond donors (Lipinski definition) is 1. The molecule has 1 N–H and O–H groups in total. The molecule has 3 nitrogen and oxygen atoms in total. The van der Waals surface area contributed by atoms with Crippen molar-refractivity contribution in [3.05, 3.63) is 35.4 Å². The van der Waals surface area contributed by atoms with Gasteiger partial charge in [0.05, 0.1) is 11.8 Å². The Bertz CT molecular complexity index is 483. The lowest BCUT2D eigenvalue weighted by molar-refractivity contribution is 0.210. The second-order valence-electron chi connectivity index (χ2n) is 5.43. The van der Waals surface area contributed by atoms with Crippen LogP contribution in [0.25, 0.3) is 0 Å². The molecule has 0 spiro atoms. The lowest BCUT2D eigenvalue weighted by Crippen LogP contribution is -2.58. The Labute approximate surface area is 102 Å². The van der Waals surface area contributed by atoms with Gasteiger partial charge in [-0.2, -0.15) is 0 Å². The zero-order chi connectivity index (χ0) is 12.0. The van der Waals surface area contributed by atoms with Gasteiger partial charge in [0.15, 0.2) is 0 Å². The number of likely N-dealkylation sites (N-methyl/N-ethyl adjacent to an activating group) is 1. The van der Waals surface area contributed by atoms with Gasteiger partial charge >= 0.3 is 0 Å². The van der Waals surface area contributed by atoms with Gasteiger partial charge < -0.3 is 5.21 Å². The minimum Gasteiger partial charge on any atom is -0.411 e. The molecule has 0 radical (unpaired) electrons. The Hall–Kier alpha value is -1.35. The molecule has 1 fully saturated rings. The van der Waals surface area contributed by atoms with Crippen LogP contribution in [-0.4, -0.2) is 35.5 Å². The third kappa shape index (κ3) is 1.35. The molecule has 0 saturated carbocycles. The normalized spacial score (nSPS) is 34.7. The number of rotatable bonds is 0. The first-order valence-electron chi connectivity index (χ1n) is 6.18. The highest BCUT2D eigenvalue weighted by Crippen LogP contribution is 2.42. The summed E-state index contributed by atoms with van der Waals surface area (Å²) in [5, 5.41) is 13.0. The van der Waals surface area contributed by atoms with Crippen LogP contribution < -0.4 is 0 Å². The van der Waals surface area contributed by atoms with Crippen molar-refractivity contribution in [2.24, 2.45) is 5.16 Å². The van der Waals surface area contributed by atoms with Gasteiger partial charge in [0.2, 0.25) is 0 Å². The van der Waals surface area contributed by atoms with E-state index >= 15 is 0 Å². The van der Waals surface area contributed by atoms with E-state index in [1.807, 2.05) is 0 Å². The molecule has 1 aliphatic heterocycles. The third-order valence-electron chi connectivity index (χ3n) is 4.51. The van der Waals surface area contributed by atoms with Crippen LogP contribution in [0.1, 0.15) is 24.5 Å². The second-order valence-corrected chi connectivity index (χ2v) is 5.43. The molecule has 2 bridgehead atoms. The summed E-state index contributed by atoms with van der Waals surface area (Å²) in [5.41, 5.74) is 3.60. The predicted octanol–water partition coefficient (Wildman–Crippen LogP) is 2.03. The maximum Gasteiger partial charge on any atom is 0.0848 e. The topological polar surface area (TPSA) is 35.8 Å². The molecule has 1 heterocycles. The monoisotopic (exact) mass is 230 g/mol. The zero-order valence-corrected chi connectivity index (χ0v) is 10.3. The SMILES string of the molecule is CN1CCC2(C)/C(=N\O)C1Cc1ccccc12. The van der Waals surface area contributed by atoms with Crippen LogP contribution in [0.3, 0.4) is 0 Å². The molecule has 3 heteroatoms. The number of oxime groups is 1. The van der Waals surface area contributed by atoms with Crippen molar-refractivity contribution in [2.75, 3.05) is 13.6 Å². The molecule has 3 rings (SSSR count). The first-order chi connectivity index (χ1) is 8.16. The van der Waals surface area contributed by atoms with E-state index in [1.54, 1.807) is 0 Å². The predicted molar refractivity (Wildman–Crippen MR) is 67.8 cm³/mol. The quantitative estimate of drug-likeness (QED) is 0.547. The highest BCUT2D eigenvalue weighted by molar-refractivity contribution is 6.01. The van der Waals surface area contributed by atoms with Crippen molar-refractivity contribution >= 4 is 5.71 Å². The minimum absolute atomic E-state index is 0.0826. The summed E-state index contributed by atoms with van der Waals surface area (Å²) in [6, 6.07) is 8.82. The van der Waals surface area contributed by atoms with Crippen molar-refractivity contribution in [1.29, 1.82) is 0 Å². The van der Waals surface area contributed by atoms with E-state index in [0.717, 1.165) is 25.1 Å². The highest BCUT2D eigenvalue weighted by atomic mass is 16.4. The summed E-state index contributed by atoms with van der Waals surface area (Å²) >= 11 is 0. The maximum absolute atomic E-state index is 9.37. The van der Waals surface area contributed by atoms with Crippen molar-refractivity contribution in [3.8, 4) is 0 Å². The largest absolute Gasteiger partial charge is 0.411 e. The van der Waals surface area contributed by atoms with Gasteiger partial charge in [0.25, 0.3) is 0 Å². The fourth-order valence-electron chi connectivity index (χ4n) is 3.41. The van der Waals surface area contributed by atoms with Crippen LogP contribution in [0.2, 0.25) is 0 Å². The van der Waals surface area contributed by atoms with Gasteiger partial charge in [0.1, 0.15) is 0 Å². The molecule has 17 heavy (non-hydrogen) atoms. The van der Waals surface area contributed by atoms with Crippen molar-refractivity contribution in [3.63, 3.8) is 0 Å². The van der Waals surface area contributed by atoms with E-state index in [-0.39, 0.29) is 11.5 Å². The van der Waals surface area contributed by atoms with Crippen LogP contribution in [0.4, 0.5) is 0 Å². The summed E-state index contributed by atoms with van der Waals surface area (Å²) in [6.07, 6.45) is 1.98. The summed E-state index contributed by atoms with van der Waals surface area (Å²) < 4.78 is 0. The van der Waals surface area contributed by atoms with Gasteiger partial charge in [0, 0.05) is 5.41 Å². The molecule has 1 aliphatic carbocycles. The van der Waals surface area contributed by atoms with Gasteiger partial charge in [-0.1, -0.05) is 29.4 Å². The average Bonchev–Trinajstić information content (AvgIpc) is 2.34. The molecule has 0 amide bonds. The Morgan fingerprint density at radius 3 is 2.94 bits per heavy atom. The first kappa shape index (κ1) is 10.8. The van der Waals surface area contributed by atoms with E-state index in [0.29, 0.717) is 0 Å². The highest BCUT2D eigenvalue weighted by Gasteiger charge is 2.47. The maximum atomic E-state index is 9.37. The van der Waals surface area contributed by atoms with Gasteiger partial charge in [-0.25, -0.2) is 0 Å². The molecule has 1 saturated heterocycles. The molecule has 2 unspecified atom stereocenters. The molecule has 2 aliphatic rings. The van der Waals surface area contributed by atoms with E-state index in [2.05, 4.69) is 48.3 Å². The van der Waals surface area contributed by atoms with E-state index in [4.69, 9.17) is 0 Å². The lowest BCUT2D eigenvalue weighted by Gasteiger charge is -2.48. The Kier molecular flexibility index (Phi) is 2.26. The van der Waals surface area contributed by atoms with Crippen molar-refractivity contribution in [2.45, 2.75) is 31.2 Å².